The number of alkyl halides is 3. The van der Waals surface area contributed by atoms with Gasteiger partial charge in [-0.05, 0) is 61.8 Å². The van der Waals surface area contributed by atoms with E-state index in [1.807, 2.05) is 0 Å². The number of rotatable bonds is 7. The maximum atomic E-state index is 13.5. The summed E-state index contributed by atoms with van der Waals surface area (Å²) in [6, 6.07) is 3.09. The molecule has 1 aliphatic heterocycles. The summed E-state index contributed by atoms with van der Waals surface area (Å²) in [5.41, 5.74) is -0.760. The molecule has 1 heterocycles. The van der Waals surface area contributed by atoms with E-state index in [0.29, 0.717) is 29.9 Å². The van der Waals surface area contributed by atoms with Crippen LogP contribution in [0.15, 0.2) is 18.2 Å². The molecule has 1 amide bonds. The Kier molecular flexibility index (Phi) is 7.07. The molecule has 4 nitrogen and oxygen atoms in total. The van der Waals surface area contributed by atoms with Crippen molar-refractivity contribution in [2.45, 2.75) is 57.9 Å². The molecule has 2 aliphatic rings. The fourth-order valence-electron chi connectivity index (χ4n) is 4.92. The fraction of sp³-hybridized carbons (Fsp3) is 0.682. The Morgan fingerprint density at radius 1 is 1.23 bits per heavy atom. The number of nitrogens with zero attached hydrogens (tertiary/aromatic N) is 1. The second kappa shape index (κ2) is 9.22. The zero-order chi connectivity index (χ0) is 22.1. The van der Waals surface area contributed by atoms with Crippen molar-refractivity contribution in [3.05, 3.63) is 35.1 Å². The van der Waals surface area contributed by atoms with E-state index in [4.69, 9.17) is 0 Å². The Hall–Kier alpha value is -1.67. The van der Waals surface area contributed by atoms with Crippen molar-refractivity contribution in [1.82, 2.24) is 15.5 Å². The van der Waals surface area contributed by atoms with Crippen molar-refractivity contribution < 1.29 is 22.4 Å². The summed E-state index contributed by atoms with van der Waals surface area (Å²) >= 11 is 0. The van der Waals surface area contributed by atoms with E-state index in [2.05, 4.69) is 29.4 Å². The van der Waals surface area contributed by atoms with Gasteiger partial charge in [-0.25, -0.2) is 4.39 Å². The van der Waals surface area contributed by atoms with Crippen LogP contribution in [0.25, 0.3) is 0 Å². The van der Waals surface area contributed by atoms with Crippen LogP contribution < -0.4 is 10.6 Å². The SMILES string of the molecule is CN[C@@H](CC(C)C)C(=O)N[C@@H]1CC[C@H]2CN(Cc3ccc(F)c(C(F)(F)F)c3)C[C@H]21. The molecule has 4 atom stereocenters. The van der Waals surface area contributed by atoms with Crippen LogP contribution >= 0.6 is 0 Å². The molecule has 0 radical (unpaired) electrons. The lowest BCUT2D eigenvalue weighted by atomic mass is 9.97. The van der Waals surface area contributed by atoms with Gasteiger partial charge in [-0.3, -0.25) is 9.69 Å². The number of likely N-dealkylation sites (N-methyl/N-ethyl adjacent to an activating group) is 1. The maximum Gasteiger partial charge on any atom is 0.419 e. The van der Waals surface area contributed by atoms with E-state index in [1.54, 1.807) is 7.05 Å². The van der Waals surface area contributed by atoms with E-state index in [-0.39, 0.29) is 18.0 Å². The molecule has 1 saturated carbocycles. The predicted molar refractivity (Wildman–Crippen MR) is 107 cm³/mol. The molecule has 0 bridgehead atoms. The first-order valence-corrected chi connectivity index (χ1v) is 10.6. The van der Waals surface area contributed by atoms with Gasteiger partial charge in [-0.1, -0.05) is 19.9 Å². The quantitative estimate of drug-likeness (QED) is 0.648. The van der Waals surface area contributed by atoms with Gasteiger partial charge < -0.3 is 10.6 Å². The molecule has 2 N–H and O–H groups in total. The van der Waals surface area contributed by atoms with Crippen LogP contribution in [0.3, 0.4) is 0 Å². The molecule has 2 fully saturated rings. The monoisotopic (exact) mass is 429 g/mol. The zero-order valence-corrected chi connectivity index (χ0v) is 17.7. The third kappa shape index (κ3) is 5.32. The highest BCUT2D eigenvalue weighted by Gasteiger charge is 2.43. The van der Waals surface area contributed by atoms with E-state index in [9.17, 15) is 22.4 Å². The van der Waals surface area contributed by atoms with Crippen LogP contribution in [0.4, 0.5) is 17.6 Å². The van der Waals surface area contributed by atoms with Crippen LogP contribution in [0, 0.1) is 23.6 Å². The molecule has 3 rings (SSSR count). The Bertz CT molecular complexity index is 752. The Balaban J connectivity index is 1.60. The molecule has 30 heavy (non-hydrogen) atoms. The van der Waals surface area contributed by atoms with Crippen molar-refractivity contribution in [2.24, 2.45) is 17.8 Å². The molecule has 8 heteroatoms. The largest absolute Gasteiger partial charge is 0.419 e. The topological polar surface area (TPSA) is 44.4 Å². The van der Waals surface area contributed by atoms with Gasteiger partial charge in [0.2, 0.25) is 5.91 Å². The average molecular weight is 430 g/mol. The van der Waals surface area contributed by atoms with Crippen molar-refractivity contribution >= 4 is 5.91 Å². The van der Waals surface area contributed by atoms with E-state index in [1.165, 1.54) is 6.07 Å². The maximum absolute atomic E-state index is 13.5. The molecule has 1 saturated heterocycles. The van der Waals surface area contributed by atoms with E-state index in [0.717, 1.165) is 44.5 Å². The average Bonchev–Trinajstić information content (AvgIpc) is 3.21. The lowest BCUT2D eigenvalue weighted by molar-refractivity contribution is -0.140. The number of nitrogens with one attached hydrogen (secondary N) is 2. The van der Waals surface area contributed by atoms with Crippen LogP contribution in [0.2, 0.25) is 0 Å². The van der Waals surface area contributed by atoms with Crippen molar-refractivity contribution in [2.75, 3.05) is 20.1 Å². The summed E-state index contributed by atoms with van der Waals surface area (Å²) in [5.74, 6) is -0.0933. The van der Waals surface area contributed by atoms with E-state index >= 15 is 0 Å². The van der Waals surface area contributed by atoms with Crippen LogP contribution in [-0.4, -0.2) is 43.0 Å². The summed E-state index contributed by atoms with van der Waals surface area (Å²) in [7, 11) is 1.79. The molecular weight excluding hydrogens is 398 g/mol. The smallest absolute Gasteiger partial charge is 0.352 e. The second-order valence-corrected chi connectivity index (χ2v) is 9.09. The first kappa shape index (κ1) is 23.0. The summed E-state index contributed by atoms with van der Waals surface area (Å²) in [6.45, 7) is 6.03. The number of carbonyl (C=O) groups excluding carboxylic acids is 1. The van der Waals surface area contributed by atoms with Gasteiger partial charge in [-0.15, -0.1) is 0 Å². The molecule has 1 aromatic rings. The Morgan fingerprint density at radius 3 is 2.60 bits per heavy atom. The minimum atomic E-state index is -4.70. The molecule has 0 unspecified atom stereocenters. The van der Waals surface area contributed by atoms with Crippen LogP contribution in [0.5, 0.6) is 0 Å². The number of benzene rings is 1. The number of hydrogen-bond acceptors (Lipinski definition) is 3. The highest BCUT2D eigenvalue weighted by molar-refractivity contribution is 5.82. The lowest BCUT2D eigenvalue weighted by Crippen LogP contribution is -2.49. The summed E-state index contributed by atoms with van der Waals surface area (Å²) in [5, 5.41) is 6.29. The molecule has 1 aromatic carbocycles. The molecule has 168 valence electrons. The van der Waals surface area contributed by atoms with Crippen LogP contribution in [0.1, 0.15) is 44.2 Å². The molecular formula is C22H31F4N3O. The molecule has 1 aliphatic carbocycles. The summed E-state index contributed by atoms with van der Waals surface area (Å²) in [6.07, 6.45) is -2.00. The standard InChI is InChI=1S/C22H31F4N3O/c1-13(2)8-20(27-3)21(30)28-19-7-5-15-11-29(12-16(15)19)10-14-4-6-18(23)17(9-14)22(24,25)26/h4,6,9,13,15-16,19-20,27H,5,7-8,10-12H2,1-3H3,(H,28,30)/t15-,16+,19+,20-/m0/s1. The van der Waals surface area contributed by atoms with Crippen molar-refractivity contribution in [1.29, 1.82) is 0 Å². The molecule has 0 aromatic heterocycles. The fourth-order valence-corrected chi connectivity index (χ4v) is 4.92. The number of hydrogen-bond donors (Lipinski definition) is 2. The van der Waals surface area contributed by atoms with E-state index < -0.39 is 17.6 Å². The number of amides is 1. The normalized spacial score (nSPS) is 25.5. The first-order valence-electron chi connectivity index (χ1n) is 10.6. The number of fused-ring (bicyclic) bond motifs is 1. The van der Waals surface area contributed by atoms with Crippen molar-refractivity contribution in [3.8, 4) is 0 Å². The zero-order valence-electron chi connectivity index (χ0n) is 17.7. The van der Waals surface area contributed by atoms with Crippen molar-refractivity contribution in [3.63, 3.8) is 0 Å². The number of carbonyl (C=O) groups is 1. The minimum Gasteiger partial charge on any atom is -0.352 e. The van der Waals surface area contributed by atoms with Gasteiger partial charge in [0, 0.05) is 25.7 Å². The summed E-state index contributed by atoms with van der Waals surface area (Å²) in [4.78, 5) is 14.8. The highest BCUT2D eigenvalue weighted by Crippen LogP contribution is 2.39. The molecule has 0 spiro atoms. The van der Waals surface area contributed by atoms with Crippen LogP contribution in [-0.2, 0) is 17.5 Å². The predicted octanol–water partition coefficient (Wildman–Crippen LogP) is 3.81. The third-order valence-corrected chi connectivity index (χ3v) is 6.37. The summed E-state index contributed by atoms with van der Waals surface area (Å²) < 4.78 is 52.5. The van der Waals surface area contributed by atoms with Gasteiger partial charge in [0.1, 0.15) is 5.82 Å². The second-order valence-electron chi connectivity index (χ2n) is 9.09. The number of likely N-dealkylation sites (tertiary alicyclic amines) is 1. The Labute approximate surface area is 175 Å². The van der Waals surface area contributed by atoms with Gasteiger partial charge in [-0.2, -0.15) is 13.2 Å². The van der Waals surface area contributed by atoms with Gasteiger partial charge in [0.15, 0.2) is 0 Å². The van der Waals surface area contributed by atoms with Gasteiger partial charge in [0.25, 0.3) is 0 Å². The number of halogens is 4. The third-order valence-electron chi connectivity index (χ3n) is 6.37. The Morgan fingerprint density at radius 2 is 1.97 bits per heavy atom. The van der Waals surface area contributed by atoms with Gasteiger partial charge >= 0.3 is 6.18 Å². The minimum absolute atomic E-state index is 0.0173. The van der Waals surface area contributed by atoms with Gasteiger partial charge in [0.05, 0.1) is 11.6 Å². The lowest BCUT2D eigenvalue weighted by Gasteiger charge is -2.25. The highest BCUT2D eigenvalue weighted by atomic mass is 19.4. The first-order chi connectivity index (χ1) is 14.1.